The molecular weight excluding hydrogens is 296 g/mol. The van der Waals surface area contributed by atoms with Crippen molar-refractivity contribution in [3.8, 4) is 0 Å². The molecule has 0 saturated heterocycles. The highest BCUT2D eigenvalue weighted by molar-refractivity contribution is 8.00. The maximum Gasteiger partial charge on any atom is 0.150 e. The Labute approximate surface area is 133 Å². The second-order valence-corrected chi connectivity index (χ2v) is 6.93. The van der Waals surface area contributed by atoms with E-state index in [-0.39, 0.29) is 0 Å². The third-order valence-electron chi connectivity index (χ3n) is 3.53. The van der Waals surface area contributed by atoms with Crippen molar-refractivity contribution < 1.29 is 0 Å². The molecule has 0 fully saturated rings. The number of nitrogens with one attached hydrogen (secondary N) is 1. The zero-order valence-corrected chi connectivity index (χ0v) is 13.9. The van der Waals surface area contributed by atoms with Gasteiger partial charge in [0.25, 0.3) is 0 Å². The largest absolute Gasteiger partial charge is 0.381 e. The van der Waals surface area contributed by atoms with Gasteiger partial charge in [-0.2, -0.15) is 0 Å². The molecule has 2 aromatic carbocycles. The molecule has 0 bridgehead atoms. The number of rotatable bonds is 5. The second-order valence-electron chi connectivity index (χ2n) is 4.84. The van der Waals surface area contributed by atoms with Crippen molar-refractivity contribution in [2.45, 2.75) is 24.2 Å². The molecule has 1 N–H and O–H groups in total. The average molecular weight is 314 g/mol. The van der Waals surface area contributed by atoms with Gasteiger partial charge in [-0.1, -0.05) is 43.0 Å². The number of aromatic nitrogens is 1. The van der Waals surface area contributed by atoms with Crippen molar-refractivity contribution in [1.82, 2.24) is 4.98 Å². The molecule has 1 heterocycles. The van der Waals surface area contributed by atoms with Crippen LogP contribution in [0.5, 0.6) is 0 Å². The molecule has 0 aliphatic heterocycles. The molecule has 0 atom stereocenters. The number of nitrogens with zero attached hydrogens (tertiary/aromatic N) is 1. The number of thioether (sulfide) groups is 1. The summed E-state index contributed by atoms with van der Waals surface area (Å²) in [5.41, 5.74) is 5.02. The normalized spacial score (nSPS) is 11.0. The highest BCUT2D eigenvalue weighted by atomic mass is 32.2. The Morgan fingerprint density at radius 2 is 1.95 bits per heavy atom. The fourth-order valence-electron chi connectivity index (χ4n) is 2.37. The van der Waals surface area contributed by atoms with Crippen LogP contribution < -0.4 is 5.32 Å². The Balaban J connectivity index is 1.78. The first-order valence-electron chi connectivity index (χ1n) is 7.05. The maximum atomic E-state index is 4.57. The van der Waals surface area contributed by atoms with Gasteiger partial charge in [0.15, 0.2) is 4.34 Å². The minimum atomic E-state index is 0.865. The molecule has 0 aliphatic rings. The zero-order valence-electron chi connectivity index (χ0n) is 12.2. The summed E-state index contributed by atoms with van der Waals surface area (Å²) in [6.07, 6.45) is 3.14. The van der Waals surface area contributed by atoms with Gasteiger partial charge >= 0.3 is 0 Å². The van der Waals surface area contributed by atoms with E-state index >= 15 is 0 Å². The van der Waals surface area contributed by atoms with Crippen LogP contribution in [-0.4, -0.2) is 11.2 Å². The first-order valence-corrected chi connectivity index (χ1v) is 9.09. The molecule has 0 aliphatic carbocycles. The Hall–Kier alpha value is -1.52. The van der Waals surface area contributed by atoms with Gasteiger partial charge in [0, 0.05) is 12.2 Å². The van der Waals surface area contributed by atoms with Gasteiger partial charge in [0.1, 0.15) is 0 Å². The van der Waals surface area contributed by atoms with Crippen LogP contribution in [0.1, 0.15) is 18.1 Å². The van der Waals surface area contributed by atoms with E-state index < -0.39 is 0 Å². The standard InChI is InChI=1S/C17H18N2S2/c1-3-12-6-4-5-7-13(12)11-18-14-8-9-15-16(10-14)21-17(19-15)20-2/h4-10,18H,3,11H2,1-2H3. The highest BCUT2D eigenvalue weighted by Gasteiger charge is 2.04. The van der Waals surface area contributed by atoms with Crippen molar-refractivity contribution in [3.63, 3.8) is 0 Å². The van der Waals surface area contributed by atoms with E-state index in [2.05, 4.69) is 65.9 Å². The van der Waals surface area contributed by atoms with Gasteiger partial charge in [0.2, 0.25) is 0 Å². The fraction of sp³-hybridized carbons (Fsp3) is 0.235. The lowest BCUT2D eigenvalue weighted by molar-refractivity contribution is 1.04. The molecule has 0 amide bonds. The lowest BCUT2D eigenvalue weighted by Gasteiger charge is -2.10. The number of hydrogen-bond donors (Lipinski definition) is 1. The zero-order chi connectivity index (χ0) is 14.7. The van der Waals surface area contributed by atoms with Crippen LogP contribution in [0.2, 0.25) is 0 Å². The Morgan fingerprint density at radius 3 is 2.71 bits per heavy atom. The number of hydrogen-bond acceptors (Lipinski definition) is 4. The number of thiazole rings is 1. The van der Waals surface area contributed by atoms with Crippen molar-refractivity contribution in [2.24, 2.45) is 0 Å². The van der Waals surface area contributed by atoms with Gasteiger partial charge in [-0.3, -0.25) is 0 Å². The van der Waals surface area contributed by atoms with E-state index in [1.165, 1.54) is 15.8 Å². The molecule has 21 heavy (non-hydrogen) atoms. The molecule has 3 aromatic rings. The lowest BCUT2D eigenvalue weighted by atomic mass is 10.1. The summed E-state index contributed by atoms with van der Waals surface area (Å²) >= 11 is 3.46. The lowest BCUT2D eigenvalue weighted by Crippen LogP contribution is -2.02. The number of fused-ring (bicyclic) bond motifs is 1. The van der Waals surface area contributed by atoms with Crippen LogP contribution in [0.25, 0.3) is 10.2 Å². The van der Waals surface area contributed by atoms with E-state index in [1.807, 2.05) is 0 Å². The summed E-state index contributed by atoms with van der Waals surface area (Å²) in [5, 5.41) is 3.53. The minimum absolute atomic E-state index is 0.865. The van der Waals surface area contributed by atoms with Gasteiger partial charge in [0.05, 0.1) is 10.2 Å². The van der Waals surface area contributed by atoms with Crippen LogP contribution in [0, 0.1) is 0 Å². The van der Waals surface area contributed by atoms with Gasteiger partial charge in [-0.05, 0) is 42.0 Å². The predicted molar refractivity (Wildman–Crippen MR) is 94.5 cm³/mol. The van der Waals surface area contributed by atoms with Crippen molar-refractivity contribution >= 4 is 39.0 Å². The van der Waals surface area contributed by atoms with Crippen LogP contribution in [-0.2, 0) is 13.0 Å². The van der Waals surface area contributed by atoms with Crippen LogP contribution in [0.4, 0.5) is 5.69 Å². The number of aryl methyl sites for hydroxylation is 1. The van der Waals surface area contributed by atoms with E-state index in [0.717, 1.165) is 28.5 Å². The molecule has 0 radical (unpaired) electrons. The van der Waals surface area contributed by atoms with E-state index in [9.17, 15) is 0 Å². The third-order valence-corrected chi connectivity index (χ3v) is 5.53. The van der Waals surface area contributed by atoms with Crippen molar-refractivity contribution in [1.29, 1.82) is 0 Å². The summed E-state index contributed by atoms with van der Waals surface area (Å²) in [5.74, 6) is 0. The van der Waals surface area contributed by atoms with E-state index in [0.29, 0.717) is 0 Å². The van der Waals surface area contributed by atoms with Crippen molar-refractivity contribution in [2.75, 3.05) is 11.6 Å². The van der Waals surface area contributed by atoms with E-state index in [1.54, 1.807) is 23.1 Å². The molecule has 0 saturated carbocycles. The molecule has 3 rings (SSSR count). The van der Waals surface area contributed by atoms with E-state index in [4.69, 9.17) is 0 Å². The summed E-state index contributed by atoms with van der Waals surface area (Å²) in [6, 6.07) is 15.0. The fourth-order valence-corrected chi connectivity index (χ4v) is 3.90. The summed E-state index contributed by atoms with van der Waals surface area (Å²) in [7, 11) is 0. The SMILES string of the molecule is CCc1ccccc1CNc1ccc2nc(SC)sc2c1. The highest BCUT2D eigenvalue weighted by Crippen LogP contribution is 2.30. The first-order chi connectivity index (χ1) is 10.3. The predicted octanol–water partition coefficient (Wildman–Crippen LogP) is 5.19. The average Bonchev–Trinajstić information content (AvgIpc) is 2.95. The molecule has 108 valence electrons. The maximum absolute atomic E-state index is 4.57. The Bertz CT molecular complexity index is 749. The minimum Gasteiger partial charge on any atom is -0.381 e. The van der Waals surface area contributed by atoms with Crippen molar-refractivity contribution in [3.05, 3.63) is 53.6 Å². The molecule has 0 spiro atoms. The van der Waals surface area contributed by atoms with Crippen LogP contribution >= 0.6 is 23.1 Å². The van der Waals surface area contributed by atoms with Gasteiger partial charge in [-0.25, -0.2) is 4.98 Å². The monoisotopic (exact) mass is 314 g/mol. The Kier molecular flexibility index (Phi) is 4.46. The third kappa shape index (κ3) is 3.22. The molecule has 1 aromatic heterocycles. The molecule has 0 unspecified atom stereocenters. The summed E-state index contributed by atoms with van der Waals surface area (Å²) < 4.78 is 2.37. The van der Waals surface area contributed by atoms with Gasteiger partial charge < -0.3 is 5.32 Å². The number of benzene rings is 2. The molecule has 2 nitrogen and oxygen atoms in total. The number of anilines is 1. The topological polar surface area (TPSA) is 24.9 Å². The summed E-state index contributed by atoms with van der Waals surface area (Å²) in [4.78, 5) is 4.57. The molecular formula is C17H18N2S2. The first kappa shape index (κ1) is 14.4. The Morgan fingerprint density at radius 1 is 1.14 bits per heavy atom. The van der Waals surface area contributed by atoms with Gasteiger partial charge in [-0.15, -0.1) is 11.3 Å². The molecule has 4 heteroatoms. The quantitative estimate of drug-likeness (QED) is 0.656. The second kappa shape index (κ2) is 6.50. The van der Waals surface area contributed by atoms with Crippen LogP contribution in [0.3, 0.4) is 0 Å². The van der Waals surface area contributed by atoms with Crippen LogP contribution in [0.15, 0.2) is 46.8 Å². The summed E-state index contributed by atoms with van der Waals surface area (Å²) in [6.45, 7) is 3.07. The smallest absolute Gasteiger partial charge is 0.150 e.